The molecule has 1 saturated heterocycles. The Labute approximate surface area is 110 Å². The normalized spacial score (nSPS) is 21.1. The molecule has 0 aliphatic carbocycles. The molecular weight excluding hydrogens is 224 g/mol. The molecule has 2 atom stereocenters. The first-order valence-electron chi connectivity index (χ1n) is 6.94. The van der Waals surface area contributed by atoms with Crippen LogP contribution in [-0.2, 0) is 4.74 Å². The number of benzene rings is 1. The third-order valence-electron chi connectivity index (χ3n) is 3.81. The van der Waals surface area contributed by atoms with Crippen LogP contribution in [0, 0.1) is 6.92 Å². The van der Waals surface area contributed by atoms with Gasteiger partial charge in [-0.15, -0.1) is 0 Å². The summed E-state index contributed by atoms with van der Waals surface area (Å²) < 4.78 is 5.65. The van der Waals surface area contributed by atoms with Crippen LogP contribution in [0.3, 0.4) is 0 Å². The third-order valence-corrected chi connectivity index (χ3v) is 3.81. The topological polar surface area (TPSA) is 47.3 Å². The number of ether oxygens (including phenoxy) is 1. The fourth-order valence-electron chi connectivity index (χ4n) is 2.73. The summed E-state index contributed by atoms with van der Waals surface area (Å²) in [6.07, 6.45) is 6.32. The van der Waals surface area contributed by atoms with Crippen LogP contribution in [0.5, 0.6) is 0 Å². The molecule has 2 rings (SSSR count). The molecule has 1 fully saturated rings. The van der Waals surface area contributed by atoms with Crippen molar-refractivity contribution in [3.05, 3.63) is 35.4 Å². The van der Waals surface area contributed by atoms with Crippen LogP contribution in [0.25, 0.3) is 0 Å². The van der Waals surface area contributed by atoms with Crippen molar-refractivity contribution in [2.24, 2.45) is 5.84 Å². The SMILES string of the molecule is Cc1ccccc1C(CCCC1CCCO1)NN. The number of aryl methyl sites for hydroxylation is 1. The van der Waals surface area contributed by atoms with Crippen LogP contribution in [0.1, 0.15) is 49.3 Å². The Morgan fingerprint density at radius 3 is 2.94 bits per heavy atom. The van der Waals surface area contributed by atoms with Gasteiger partial charge in [0.2, 0.25) is 0 Å². The molecule has 0 aromatic heterocycles. The second kappa shape index (κ2) is 6.88. The maximum Gasteiger partial charge on any atom is 0.0576 e. The lowest BCUT2D eigenvalue weighted by atomic mass is 9.96. The fourth-order valence-corrected chi connectivity index (χ4v) is 2.73. The zero-order chi connectivity index (χ0) is 12.8. The lowest BCUT2D eigenvalue weighted by molar-refractivity contribution is 0.101. The standard InChI is InChI=1S/C15H24N2O/c1-12-6-2-3-9-14(12)15(17-16)10-4-7-13-8-5-11-18-13/h2-3,6,9,13,15,17H,4-5,7-8,10-11,16H2,1H3. The van der Waals surface area contributed by atoms with Crippen molar-refractivity contribution in [2.75, 3.05) is 6.61 Å². The van der Waals surface area contributed by atoms with Gasteiger partial charge in [0, 0.05) is 12.6 Å². The van der Waals surface area contributed by atoms with Crippen LogP contribution in [-0.4, -0.2) is 12.7 Å². The molecule has 0 spiro atoms. The van der Waals surface area contributed by atoms with E-state index in [1.54, 1.807) is 0 Å². The molecule has 100 valence electrons. The molecule has 1 aromatic carbocycles. The van der Waals surface area contributed by atoms with Gasteiger partial charge in [-0.2, -0.15) is 0 Å². The van der Waals surface area contributed by atoms with Crippen molar-refractivity contribution in [3.63, 3.8) is 0 Å². The lowest BCUT2D eigenvalue weighted by Gasteiger charge is -2.19. The molecule has 3 nitrogen and oxygen atoms in total. The summed E-state index contributed by atoms with van der Waals surface area (Å²) in [5.74, 6) is 5.69. The van der Waals surface area contributed by atoms with E-state index in [9.17, 15) is 0 Å². The molecule has 0 bridgehead atoms. The van der Waals surface area contributed by atoms with Gasteiger partial charge >= 0.3 is 0 Å². The Kier molecular flexibility index (Phi) is 5.17. The molecular formula is C15H24N2O. The number of rotatable bonds is 6. The van der Waals surface area contributed by atoms with E-state index < -0.39 is 0 Å². The number of hydrogen-bond donors (Lipinski definition) is 2. The molecule has 1 aliphatic rings. The molecule has 3 heteroatoms. The van der Waals surface area contributed by atoms with Gasteiger partial charge in [0.1, 0.15) is 0 Å². The summed E-state index contributed by atoms with van der Waals surface area (Å²) in [4.78, 5) is 0. The Balaban J connectivity index is 1.83. The van der Waals surface area contributed by atoms with Gasteiger partial charge in [0.15, 0.2) is 0 Å². The second-order valence-electron chi connectivity index (χ2n) is 5.14. The van der Waals surface area contributed by atoms with Crippen molar-refractivity contribution in [2.45, 2.75) is 51.2 Å². The minimum Gasteiger partial charge on any atom is -0.378 e. The first kappa shape index (κ1) is 13.5. The second-order valence-corrected chi connectivity index (χ2v) is 5.14. The Bertz CT molecular complexity index is 361. The predicted molar refractivity (Wildman–Crippen MR) is 74.1 cm³/mol. The minimum absolute atomic E-state index is 0.257. The number of nitrogens with one attached hydrogen (secondary N) is 1. The van der Waals surface area contributed by atoms with Gasteiger partial charge in [0.05, 0.1) is 6.10 Å². The molecule has 0 saturated carbocycles. The van der Waals surface area contributed by atoms with E-state index in [-0.39, 0.29) is 6.04 Å². The third kappa shape index (κ3) is 3.55. The number of nitrogens with two attached hydrogens (primary N) is 1. The minimum atomic E-state index is 0.257. The van der Waals surface area contributed by atoms with E-state index >= 15 is 0 Å². The van der Waals surface area contributed by atoms with Gasteiger partial charge in [-0.25, -0.2) is 0 Å². The fraction of sp³-hybridized carbons (Fsp3) is 0.600. The van der Waals surface area contributed by atoms with E-state index in [0.29, 0.717) is 6.10 Å². The first-order valence-corrected chi connectivity index (χ1v) is 6.94. The van der Waals surface area contributed by atoms with Gasteiger partial charge in [-0.05, 0) is 50.2 Å². The number of hydrogen-bond acceptors (Lipinski definition) is 3. The Morgan fingerprint density at radius 1 is 1.44 bits per heavy atom. The van der Waals surface area contributed by atoms with Crippen molar-refractivity contribution in [1.82, 2.24) is 5.43 Å². The molecule has 2 unspecified atom stereocenters. The maximum absolute atomic E-state index is 5.69. The van der Waals surface area contributed by atoms with Crippen LogP contribution >= 0.6 is 0 Å². The van der Waals surface area contributed by atoms with Gasteiger partial charge in [-0.3, -0.25) is 11.3 Å². The molecule has 18 heavy (non-hydrogen) atoms. The summed E-state index contributed by atoms with van der Waals surface area (Å²) in [7, 11) is 0. The molecule has 1 aliphatic heterocycles. The molecule has 0 amide bonds. The Morgan fingerprint density at radius 2 is 2.28 bits per heavy atom. The Hall–Kier alpha value is -0.900. The zero-order valence-corrected chi connectivity index (χ0v) is 11.2. The van der Waals surface area contributed by atoms with Crippen LogP contribution in [0.4, 0.5) is 0 Å². The van der Waals surface area contributed by atoms with Crippen molar-refractivity contribution < 1.29 is 4.74 Å². The molecule has 1 aromatic rings. The lowest BCUT2D eigenvalue weighted by Crippen LogP contribution is -2.28. The highest BCUT2D eigenvalue weighted by Gasteiger charge is 2.17. The quantitative estimate of drug-likeness (QED) is 0.601. The molecule has 0 radical (unpaired) electrons. The van der Waals surface area contributed by atoms with E-state index in [4.69, 9.17) is 10.6 Å². The summed E-state index contributed by atoms with van der Waals surface area (Å²) in [6, 6.07) is 8.70. The van der Waals surface area contributed by atoms with E-state index in [2.05, 4.69) is 36.6 Å². The van der Waals surface area contributed by atoms with Gasteiger partial charge < -0.3 is 4.74 Å². The van der Waals surface area contributed by atoms with Gasteiger partial charge in [0.25, 0.3) is 0 Å². The van der Waals surface area contributed by atoms with Crippen molar-refractivity contribution >= 4 is 0 Å². The molecule has 1 heterocycles. The maximum atomic E-state index is 5.69. The summed E-state index contributed by atoms with van der Waals surface area (Å²) in [5, 5.41) is 0. The average Bonchev–Trinajstić information content (AvgIpc) is 2.89. The average molecular weight is 248 g/mol. The van der Waals surface area contributed by atoms with Crippen molar-refractivity contribution in [1.29, 1.82) is 0 Å². The van der Waals surface area contributed by atoms with Crippen molar-refractivity contribution in [3.8, 4) is 0 Å². The predicted octanol–water partition coefficient (Wildman–Crippen LogP) is 2.85. The van der Waals surface area contributed by atoms with E-state index in [1.165, 1.54) is 24.0 Å². The molecule has 3 N–H and O–H groups in total. The summed E-state index contributed by atoms with van der Waals surface area (Å²) >= 11 is 0. The van der Waals surface area contributed by atoms with Crippen LogP contribution in [0.15, 0.2) is 24.3 Å². The summed E-state index contributed by atoms with van der Waals surface area (Å²) in [6.45, 7) is 3.08. The van der Waals surface area contributed by atoms with E-state index in [0.717, 1.165) is 25.9 Å². The van der Waals surface area contributed by atoms with Crippen LogP contribution in [0.2, 0.25) is 0 Å². The zero-order valence-electron chi connectivity index (χ0n) is 11.2. The van der Waals surface area contributed by atoms with E-state index in [1.807, 2.05) is 0 Å². The monoisotopic (exact) mass is 248 g/mol. The smallest absolute Gasteiger partial charge is 0.0576 e. The highest BCUT2D eigenvalue weighted by atomic mass is 16.5. The number of hydrazine groups is 1. The largest absolute Gasteiger partial charge is 0.378 e. The highest BCUT2D eigenvalue weighted by Crippen LogP contribution is 2.24. The van der Waals surface area contributed by atoms with Gasteiger partial charge in [-0.1, -0.05) is 24.3 Å². The highest BCUT2D eigenvalue weighted by molar-refractivity contribution is 5.28. The van der Waals surface area contributed by atoms with Crippen LogP contribution < -0.4 is 11.3 Å². The summed E-state index contributed by atoms with van der Waals surface area (Å²) in [5.41, 5.74) is 5.56. The first-order chi connectivity index (χ1) is 8.81.